The second-order valence-corrected chi connectivity index (χ2v) is 9.11. The standard InChI is InChI=1S/C15H29N3O5S/c1-11(17-14(20)23-15(2,3)4)13(19)18-8-6-7-12(10-18)9-16-24(5,21)22/h11-12,16H,6-10H2,1-5H3,(H,17,20). The van der Waals surface area contributed by atoms with E-state index in [1.807, 2.05) is 0 Å². The van der Waals surface area contributed by atoms with Crippen molar-refractivity contribution in [1.82, 2.24) is 14.9 Å². The quantitative estimate of drug-likeness (QED) is 0.748. The summed E-state index contributed by atoms with van der Waals surface area (Å²) in [5.74, 6) is -0.115. The molecule has 2 atom stereocenters. The highest BCUT2D eigenvalue weighted by Gasteiger charge is 2.29. The number of nitrogens with one attached hydrogen (secondary N) is 2. The summed E-state index contributed by atoms with van der Waals surface area (Å²) in [6, 6.07) is -0.693. The molecule has 0 spiro atoms. The molecule has 0 aromatic rings. The number of ether oxygens (including phenoxy) is 1. The molecule has 1 heterocycles. The fraction of sp³-hybridized carbons (Fsp3) is 0.867. The van der Waals surface area contributed by atoms with Crippen molar-refractivity contribution in [3.8, 4) is 0 Å². The monoisotopic (exact) mass is 363 g/mol. The van der Waals surface area contributed by atoms with Gasteiger partial charge in [0, 0.05) is 19.6 Å². The lowest BCUT2D eigenvalue weighted by Crippen LogP contribution is -2.51. The Balaban J connectivity index is 2.52. The Kier molecular flexibility index (Phi) is 7.03. The van der Waals surface area contributed by atoms with E-state index in [9.17, 15) is 18.0 Å². The highest BCUT2D eigenvalue weighted by atomic mass is 32.2. The maximum Gasteiger partial charge on any atom is 0.408 e. The lowest BCUT2D eigenvalue weighted by Gasteiger charge is -2.34. The minimum absolute atomic E-state index is 0.0751. The molecule has 0 aromatic heterocycles. The third kappa shape index (κ3) is 7.96. The first-order valence-corrected chi connectivity index (χ1v) is 9.99. The van der Waals surface area contributed by atoms with Crippen molar-refractivity contribution in [3.63, 3.8) is 0 Å². The van der Waals surface area contributed by atoms with Gasteiger partial charge in [-0.3, -0.25) is 4.79 Å². The van der Waals surface area contributed by atoms with Gasteiger partial charge in [0.2, 0.25) is 15.9 Å². The van der Waals surface area contributed by atoms with E-state index in [4.69, 9.17) is 4.74 Å². The van der Waals surface area contributed by atoms with Crippen molar-refractivity contribution >= 4 is 22.0 Å². The lowest BCUT2D eigenvalue weighted by atomic mass is 9.98. The van der Waals surface area contributed by atoms with Crippen molar-refractivity contribution in [2.24, 2.45) is 5.92 Å². The third-order valence-electron chi connectivity index (χ3n) is 3.57. The fourth-order valence-corrected chi connectivity index (χ4v) is 3.06. The Morgan fingerprint density at radius 2 is 1.96 bits per heavy atom. The van der Waals surface area contributed by atoms with Crippen LogP contribution < -0.4 is 10.0 Å². The van der Waals surface area contributed by atoms with Crippen LogP contribution in [0.4, 0.5) is 4.79 Å². The third-order valence-corrected chi connectivity index (χ3v) is 4.26. The van der Waals surface area contributed by atoms with Crippen molar-refractivity contribution in [3.05, 3.63) is 0 Å². The topological polar surface area (TPSA) is 105 Å². The Bertz CT molecular complexity index is 556. The van der Waals surface area contributed by atoms with E-state index in [1.54, 1.807) is 32.6 Å². The first kappa shape index (κ1) is 20.7. The minimum Gasteiger partial charge on any atom is -0.444 e. The molecule has 0 aliphatic carbocycles. The minimum atomic E-state index is -3.24. The number of nitrogens with zero attached hydrogens (tertiary/aromatic N) is 1. The Morgan fingerprint density at radius 3 is 2.50 bits per heavy atom. The van der Waals surface area contributed by atoms with Crippen LogP contribution in [0.2, 0.25) is 0 Å². The number of carbonyl (C=O) groups is 2. The second-order valence-electron chi connectivity index (χ2n) is 7.28. The number of sulfonamides is 1. The Morgan fingerprint density at radius 1 is 1.33 bits per heavy atom. The highest BCUT2D eigenvalue weighted by molar-refractivity contribution is 7.88. The van der Waals surface area contributed by atoms with Crippen LogP contribution in [0.3, 0.4) is 0 Å². The number of hydrogen-bond acceptors (Lipinski definition) is 5. The van der Waals surface area contributed by atoms with Gasteiger partial charge < -0.3 is 15.0 Å². The van der Waals surface area contributed by atoms with Gasteiger partial charge >= 0.3 is 6.09 Å². The maximum absolute atomic E-state index is 12.5. The number of piperidine rings is 1. The molecular weight excluding hydrogens is 334 g/mol. The molecule has 1 rings (SSSR count). The molecule has 0 saturated carbocycles. The molecular formula is C15H29N3O5S. The van der Waals surface area contributed by atoms with Gasteiger partial charge in [0.25, 0.3) is 0 Å². The molecule has 1 aliphatic rings. The normalized spacial score (nSPS) is 20.4. The van der Waals surface area contributed by atoms with E-state index >= 15 is 0 Å². The second kappa shape index (κ2) is 8.15. The summed E-state index contributed by atoms with van der Waals surface area (Å²) in [6.07, 6.45) is 2.16. The van der Waals surface area contributed by atoms with E-state index in [0.717, 1.165) is 19.1 Å². The molecule has 2 N–H and O–H groups in total. The van der Waals surface area contributed by atoms with Gasteiger partial charge in [0.1, 0.15) is 11.6 Å². The number of carbonyl (C=O) groups excluding carboxylic acids is 2. The molecule has 9 heteroatoms. The van der Waals surface area contributed by atoms with Crippen LogP contribution in [0.15, 0.2) is 0 Å². The summed E-state index contributed by atoms with van der Waals surface area (Å²) in [6.45, 7) is 8.27. The van der Waals surface area contributed by atoms with Gasteiger partial charge in [0.15, 0.2) is 0 Å². The van der Waals surface area contributed by atoms with Crippen molar-refractivity contribution in [1.29, 1.82) is 0 Å². The summed E-state index contributed by atoms with van der Waals surface area (Å²) in [5, 5.41) is 2.54. The van der Waals surface area contributed by atoms with Crippen molar-refractivity contribution in [2.45, 2.75) is 52.2 Å². The first-order chi connectivity index (χ1) is 10.9. The largest absolute Gasteiger partial charge is 0.444 e. The zero-order valence-corrected chi connectivity index (χ0v) is 15.9. The van der Waals surface area contributed by atoms with Crippen LogP contribution in [0.25, 0.3) is 0 Å². The zero-order chi connectivity index (χ0) is 18.5. The highest BCUT2D eigenvalue weighted by Crippen LogP contribution is 2.17. The fourth-order valence-electron chi connectivity index (χ4n) is 2.52. The SMILES string of the molecule is CC(NC(=O)OC(C)(C)C)C(=O)N1CCCC(CNS(C)(=O)=O)C1. The van der Waals surface area contributed by atoms with Crippen LogP contribution >= 0.6 is 0 Å². The number of hydrogen-bond donors (Lipinski definition) is 2. The summed E-state index contributed by atoms with van der Waals surface area (Å²) in [7, 11) is -3.24. The van der Waals surface area contributed by atoms with Crippen LogP contribution in [0.5, 0.6) is 0 Å². The van der Waals surface area contributed by atoms with Gasteiger partial charge in [0.05, 0.1) is 6.26 Å². The number of amides is 2. The van der Waals surface area contributed by atoms with E-state index in [0.29, 0.717) is 19.6 Å². The van der Waals surface area contributed by atoms with Crippen LogP contribution in [-0.2, 0) is 19.6 Å². The predicted octanol–water partition coefficient (Wildman–Crippen LogP) is 0.687. The summed E-state index contributed by atoms with van der Waals surface area (Å²) < 4.78 is 30.0. The number of alkyl carbamates (subject to hydrolysis) is 1. The van der Waals surface area contributed by atoms with Gasteiger partial charge in [-0.05, 0) is 46.5 Å². The van der Waals surface area contributed by atoms with Crippen molar-refractivity contribution in [2.75, 3.05) is 25.9 Å². The van der Waals surface area contributed by atoms with E-state index in [-0.39, 0.29) is 11.8 Å². The molecule has 2 unspecified atom stereocenters. The molecule has 1 fully saturated rings. The molecule has 140 valence electrons. The van der Waals surface area contributed by atoms with Gasteiger partial charge in [-0.1, -0.05) is 0 Å². The van der Waals surface area contributed by atoms with Gasteiger partial charge in [-0.15, -0.1) is 0 Å². The average molecular weight is 363 g/mol. The summed E-state index contributed by atoms with van der Waals surface area (Å²) in [5.41, 5.74) is -0.625. The summed E-state index contributed by atoms with van der Waals surface area (Å²) in [4.78, 5) is 25.9. The molecule has 8 nitrogen and oxygen atoms in total. The van der Waals surface area contributed by atoms with Gasteiger partial charge in [-0.25, -0.2) is 17.9 Å². The molecule has 1 saturated heterocycles. The Labute approximate surface area is 144 Å². The zero-order valence-electron chi connectivity index (χ0n) is 15.1. The Hall–Kier alpha value is -1.35. The van der Waals surface area contributed by atoms with Crippen LogP contribution in [0.1, 0.15) is 40.5 Å². The first-order valence-electron chi connectivity index (χ1n) is 8.10. The summed E-state index contributed by atoms with van der Waals surface area (Å²) >= 11 is 0. The molecule has 0 bridgehead atoms. The van der Waals surface area contributed by atoms with Crippen LogP contribution in [-0.4, -0.2) is 62.9 Å². The molecule has 24 heavy (non-hydrogen) atoms. The van der Waals surface area contributed by atoms with Gasteiger partial charge in [-0.2, -0.15) is 0 Å². The number of rotatable bonds is 5. The molecule has 0 aromatic carbocycles. The molecule has 2 amide bonds. The van der Waals surface area contributed by atoms with E-state index in [2.05, 4.69) is 10.0 Å². The molecule has 1 aliphatic heterocycles. The van der Waals surface area contributed by atoms with Crippen molar-refractivity contribution < 1.29 is 22.7 Å². The maximum atomic E-state index is 12.5. The van der Waals surface area contributed by atoms with E-state index < -0.39 is 27.8 Å². The lowest BCUT2D eigenvalue weighted by molar-refractivity contribution is -0.134. The molecule has 0 radical (unpaired) electrons. The predicted molar refractivity (Wildman–Crippen MR) is 91.0 cm³/mol. The average Bonchev–Trinajstić information content (AvgIpc) is 2.41. The number of likely N-dealkylation sites (tertiary alicyclic amines) is 1. The van der Waals surface area contributed by atoms with Crippen LogP contribution in [0, 0.1) is 5.92 Å². The van der Waals surface area contributed by atoms with E-state index in [1.165, 1.54) is 0 Å². The smallest absolute Gasteiger partial charge is 0.408 e.